The first-order valence-electron chi connectivity index (χ1n) is 21.5. The van der Waals surface area contributed by atoms with E-state index in [2.05, 4.69) is 0 Å². The lowest BCUT2D eigenvalue weighted by Gasteiger charge is -2.33. The molecular weight excluding hydrogens is 797 g/mol. The number of carbonyl (C=O) groups excluding carboxylic acids is 4. The molecule has 11 nitrogen and oxygen atoms in total. The van der Waals surface area contributed by atoms with Gasteiger partial charge in [-0.2, -0.15) is 0 Å². The molecule has 0 aliphatic carbocycles. The van der Waals surface area contributed by atoms with Crippen molar-refractivity contribution >= 4 is 81.9 Å². The molecule has 5 atom stereocenters. The number of hydrogen-bond acceptors (Lipinski definition) is 7. The molecule has 12 heteroatoms. The first-order valence-corrected chi connectivity index (χ1v) is 24.5. The number of fused-ring (bicyclic) bond motifs is 2. The number of carbonyl (C=O) groups is 4. The first-order chi connectivity index (χ1) is 29.9. The van der Waals surface area contributed by atoms with Crippen LogP contribution in [0.4, 0.5) is 28.4 Å². The molecule has 2 saturated heterocycles. The summed E-state index contributed by atoms with van der Waals surface area (Å²) in [5.41, 5.74) is 3.89. The summed E-state index contributed by atoms with van der Waals surface area (Å²) in [5.74, 6) is -1.34. The molecule has 0 saturated carbocycles. The molecule has 1 spiro atoms. The predicted octanol–water partition coefficient (Wildman–Crippen LogP) is 8.29. The summed E-state index contributed by atoms with van der Waals surface area (Å²) in [6.07, 6.45) is 0.669. The number of likely N-dealkylation sites (tertiary alicyclic amines) is 1. The van der Waals surface area contributed by atoms with Crippen LogP contribution in [0.15, 0.2) is 115 Å². The number of aliphatic hydroxyl groups excluding tert-OH is 1. The van der Waals surface area contributed by atoms with E-state index in [9.17, 15) is 24.3 Å². The maximum absolute atomic E-state index is 15.6. The van der Waals surface area contributed by atoms with Gasteiger partial charge >= 0.3 is 0 Å². The summed E-state index contributed by atoms with van der Waals surface area (Å²) in [5, 5.41) is 13.8. The van der Waals surface area contributed by atoms with Crippen molar-refractivity contribution in [1.82, 2.24) is 4.90 Å². The van der Waals surface area contributed by atoms with Gasteiger partial charge in [-0.25, -0.2) is 0 Å². The number of hydrogen-bond donors (Lipinski definition) is 2. The molecule has 2 N–H and O–H groups in total. The lowest BCUT2D eigenvalue weighted by molar-refractivity contribution is -0.150. The Kier molecular flexibility index (Phi) is 8.69. The third-order valence-corrected chi connectivity index (χ3v) is 16.6. The van der Waals surface area contributed by atoms with Gasteiger partial charge in [0.05, 0.1) is 59.9 Å². The molecule has 0 aromatic heterocycles. The van der Waals surface area contributed by atoms with Gasteiger partial charge in [-0.1, -0.05) is 67.6 Å². The van der Waals surface area contributed by atoms with E-state index in [4.69, 9.17) is 4.74 Å². The van der Waals surface area contributed by atoms with E-state index >= 15 is 4.79 Å². The largest absolute Gasteiger partial charge is 0.432 e. The second-order valence-electron chi connectivity index (χ2n) is 18.0. The Balaban J connectivity index is 1.01. The number of amides is 4. The molecule has 0 bridgehead atoms. The molecule has 11 rings (SSSR count). The Morgan fingerprint density at radius 3 is 1.98 bits per heavy atom. The monoisotopic (exact) mass is 842 g/mol. The van der Waals surface area contributed by atoms with Crippen LogP contribution in [-0.4, -0.2) is 72.0 Å². The fourth-order valence-electron chi connectivity index (χ4n) is 11.5. The minimum atomic E-state index is -3.14. The minimum absolute atomic E-state index is 0.0461. The lowest BCUT2D eigenvalue weighted by atomic mass is 9.82. The number of ether oxygens (including phenoxy) is 1. The molecule has 6 aromatic carbocycles. The van der Waals surface area contributed by atoms with Crippen molar-refractivity contribution in [2.45, 2.75) is 69.1 Å². The molecule has 5 heterocycles. The van der Waals surface area contributed by atoms with Crippen LogP contribution in [0.2, 0.25) is 18.6 Å². The Morgan fingerprint density at radius 2 is 1.37 bits per heavy atom. The van der Waals surface area contributed by atoms with E-state index in [1.165, 1.54) is 0 Å². The smallest absolute Gasteiger partial charge is 0.264 e. The molecular formula is C50H46N4O7Si. The number of nitrogens with zero attached hydrogens (tertiary/aromatic N) is 4. The van der Waals surface area contributed by atoms with Gasteiger partial charge in [0.25, 0.3) is 17.7 Å². The van der Waals surface area contributed by atoms with Crippen LogP contribution in [0.25, 0.3) is 21.5 Å². The van der Waals surface area contributed by atoms with E-state index in [1.807, 2.05) is 135 Å². The van der Waals surface area contributed by atoms with Gasteiger partial charge in [-0.05, 0) is 96.9 Å². The second-order valence-corrected chi connectivity index (χ2v) is 22.0. The summed E-state index contributed by atoms with van der Waals surface area (Å²) in [4.78, 5) is 76.7. The Hall–Kier alpha value is -6.18. The summed E-state index contributed by atoms with van der Waals surface area (Å²) in [7, 11) is -3.14. The van der Waals surface area contributed by atoms with Gasteiger partial charge in [0.2, 0.25) is 5.91 Å². The predicted molar refractivity (Wildman–Crippen MR) is 241 cm³/mol. The zero-order valence-electron chi connectivity index (χ0n) is 34.7. The van der Waals surface area contributed by atoms with Crippen molar-refractivity contribution in [2.24, 2.45) is 5.92 Å². The highest BCUT2D eigenvalue weighted by molar-refractivity contribution is 6.71. The Labute approximate surface area is 359 Å². The first kappa shape index (κ1) is 38.7. The molecule has 62 heavy (non-hydrogen) atoms. The van der Waals surface area contributed by atoms with E-state index in [-0.39, 0.29) is 49.2 Å². The van der Waals surface area contributed by atoms with Gasteiger partial charge < -0.3 is 24.4 Å². The van der Waals surface area contributed by atoms with Gasteiger partial charge in [-0.3, -0.25) is 29.0 Å². The van der Waals surface area contributed by atoms with Crippen molar-refractivity contribution in [3.63, 3.8) is 0 Å². The van der Waals surface area contributed by atoms with E-state index < -0.39 is 31.5 Å². The topological polar surface area (TPSA) is 131 Å². The zero-order chi connectivity index (χ0) is 42.8. The fraction of sp³-hybridized carbons (Fsp3) is 0.280. The molecule has 312 valence electrons. The third kappa shape index (κ3) is 5.46. The van der Waals surface area contributed by atoms with Crippen LogP contribution < -0.4 is 14.7 Å². The van der Waals surface area contributed by atoms with Crippen LogP contribution in [-0.2, 0) is 26.5 Å². The molecule has 6 aromatic rings. The Morgan fingerprint density at radius 1 is 0.774 bits per heavy atom. The number of benzene rings is 6. The number of aliphatic hydroxyl groups is 1. The summed E-state index contributed by atoms with van der Waals surface area (Å²) < 4.78 is 7.14. The van der Waals surface area contributed by atoms with E-state index in [0.717, 1.165) is 44.9 Å². The van der Waals surface area contributed by atoms with Gasteiger partial charge in [0.15, 0.2) is 13.9 Å². The van der Waals surface area contributed by atoms with Gasteiger partial charge in [0.1, 0.15) is 0 Å². The van der Waals surface area contributed by atoms with E-state index in [1.54, 1.807) is 19.6 Å². The second kappa shape index (κ2) is 13.9. The molecule has 5 aliphatic heterocycles. The van der Waals surface area contributed by atoms with Crippen molar-refractivity contribution in [1.29, 1.82) is 0 Å². The number of rotatable bonds is 8. The fourth-order valence-corrected chi connectivity index (χ4v) is 14.1. The highest BCUT2D eigenvalue weighted by Gasteiger charge is 2.66. The molecule has 5 aliphatic rings. The van der Waals surface area contributed by atoms with Crippen molar-refractivity contribution in [2.75, 3.05) is 27.9 Å². The lowest BCUT2D eigenvalue weighted by Crippen LogP contribution is -2.46. The molecule has 2 fully saturated rings. The van der Waals surface area contributed by atoms with Gasteiger partial charge in [0, 0.05) is 45.7 Å². The maximum Gasteiger partial charge on any atom is 0.264 e. The SMILES string of the molecule is C[C@H]1[C@H]([Si](C)(C)O)[C@@H](CC(=O)N2CCC[C@H]2CO)O[C@]12C(=O)N(Cc1cccc(N3C(=O)c4cccc5cccc3c45)c1)c1ccc(N3C(=O)c4cccc5cccc3c45)cc12. The average molecular weight is 843 g/mol. The highest BCUT2D eigenvalue weighted by Crippen LogP contribution is 2.61. The summed E-state index contributed by atoms with van der Waals surface area (Å²) >= 11 is 0. The highest BCUT2D eigenvalue weighted by atomic mass is 28.4. The van der Waals surface area contributed by atoms with Crippen molar-refractivity contribution in [3.8, 4) is 0 Å². The average Bonchev–Trinajstić information content (AvgIpc) is 4.05. The van der Waals surface area contributed by atoms with Crippen LogP contribution in [0, 0.1) is 5.92 Å². The van der Waals surface area contributed by atoms with Crippen LogP contribution in [0.1, 0.15) is 58.0 Å². The number of anilines is 5. The van der Waals surface area contributed by atoms with Crippen LogP contribution in [0.3, 0.4) is 0 Å². The van der Waals surface area contributed by atoms with Gasteiger partial charge in [-0.15, -0.1) is 0 Å². The normalized spacial score (nSPS) is 23.9. The Bertz CT molecular complexity index is 2920. The van der Waals surface area contributed by atoms with Crippen LogP contribution >= 0.6 is 0 Å². The molecule has 0 unspecified atom stereocenters. The summed E-state index contributed by atoms with van der Waals surface area (Å²) in [6, 6.07) is 36.2. The van der Waals surface area contributed by atoms with E-state index in [0.29, 0.717) is 46.7 Å². The maximum atomic E-state index is 15.6. The molecule has 0 radical (unpaired) electrons. The quantitative estimate of drug-likeness (QED) is 0.148. The third-order valence-electron chi connectivity index (χ3n) is 14.1. The standard InChI is InChI=1S/C50H46N4O7Si/c1-29-46(62(2,3)60)42(26-43(56)51-23-9-16-35(51)28-55)61-50(29)38-25-34(54-41-20-8-14-32-12-6-18-37(45(32)41)48(54)58)21-22-39(38)52(49(50)59)27-30-10-4-15-33(24-30)53-40-19-7-13-31-11-5-17-36(44(31)40)47(53)57/h4-8,10-15,17-22,24-25,29,35,42,46,55,60H,9,16,23,26-28H2,1-3H3/t29-,35-,42+,46-,50+/m0/s1. The molecule has 4 amide bonds. The minimum Gasteiger partial charge on any atom is -0.432 e. The summed E-state index contributed by atoms with van der Waals surface area (Å²) in [6.45, 7) is 6.15. The van der Waals surface area contributed by atoms with Crippen molar-refractivity contribution < 1.29 is 33.8 Å². The zero-order valence-corrected chi connectivity index (χ0v) is 35.7. The van der Waals surface area contributed by atoms with Crippen molar-refractivity contribution in [3.05, 3.63) is 138 Å². The van der Waals surface area contributed by atoms with Crippen LogP contribution in [0.5, 0.6) is 0 Å².